The molecule has 2 atom stereocenters. The number of imide groups is 1. The monoisotopic (exact) mass is 344 g/mol. The molecule has 0 aliphatic carbocycles. The van der Waals surface area contributed by atoms with Crippen molar-refractivity contribution in [1.82, 2.24) is 0 Å². The fourth-order valence-electron chi connectivity index (χ4n) is 2.84. The van der Waals surface area contributed by atoms with E-state index in [1.165, 1.54) is 23.2 Å². The van der Waals surface area contributed by atoms with E-state index in [0.29, 0.717) is 10.7 Å². The molecule has 2 aliphatic rings. The molecule has 1 fully saturated rings. The second kappa shape index (κ2) is 5.38. The highest BCUT2D eigenvalue weighted by molar-refractivity contribution is 6.30. The molecule has 1 saturated heterocycles. The van der Waals surface area contributed by atoms with Crippen LogP contribution in [0.5, 0.6) is 0 Å². The molecule has 8 heteroatoms. The van der Waals surface area contributed by atoms with Crippen molar-refractivity contribution in [1.29, 1.82) is 0 Å². The van der Waals surface area contributed by atoms with Gasteiger partial charge < -0.3 is 0 Å². The average Bonchev–Trinajstić information content (AvgIpc) is 3.09. The van der Waals surface area contributed by atoms with E-state index in [2.05, 4.69) is 10.3 Å². The van der Waals surface area contributed by atoms with Crippen molar-refractivity contribution < 1.29 is 14.0 Å². The van der Waals surface area contributed by atoms with E-state index in [0.717, 1.165) is 11.0 Å². The van der Waals surface area contributed by atoms with E-state index in [-0.39, 0.29) is 5.69 Å². The number of anilines is 2. The predicted molar refractivity (Wildman–Crippen MR) is 85.3 cm³/mol. The first kappa shape index (κ1) is 14.8. The van der Waals surface area contributed by atoms with Crippen LogP contribution in [-0.2, 0) is 9.59 Å². The Balaban J connectivity index is 1.70. The SMILES string of the molecule is O=C1[C@@H]2N=NN(c3ccc(Cl)cc3)[C@H]2C(=O)N1c1cccc(F)c1. The lowest BCUT2D eigenvalue weighted by molar-refractivity contribution is -0.121. The van der Waals surface area contributed by atoms with Crippen LogP contribution in [0.2, 0.25) is 5.02 Å². The van der Waals surface area contributed by atoms with Crippen molar-refractivity contribution in [3.05, 3.63) is 59.4 Å². The summed E-state index contributed by atoms with van der Waals surface area (Å²) in [6.45, 7) is 0. The molecule has 6 nitrogen and oxygen atoms in total. The van der Waals surface area contributed by atoms with E-state index >= 15 is 0 Å². The molecule has 2 aromatic carbocycles. The number of nitrogens with zero attached hydrogens (tertiary/aromatic N) is 4. The Hall–Kier alpha value is -2.80. The lowest BCUT2D eigenvalue weighted by Gasteiger charge is -2.20. The zero-order valence-corrected chi connectivity index (χ0v) is 12.9. The second-order valence-electron chi connectivity index (χ2n) is 5.41. The maximum absolute atomic E-state index is 13.4. The van der Waals surface area contributed by atoms with Crippen LogP contribution in [0.1, 0.15) is 0 Å². The lowest BCUT2D eigenvalue weighted by atomic mass is 10.1. The first-order valence-corrected chi connectivity index (χ1v) is 7.53. The molecule has 0 unspecified atom stereocenters. The standard InChI is InChI=1S/C16H10ClFN4O2/c17-9-4-6-11(7-5-9)22-14-13(19-20-22)15(23)21(16(14)24)12-3-1-2-10(18)8-12/h1-8,13-14H/t13-,14-/m1/s1. The molecule has 2 heterocycles. The van der Waals surface area contributed by atoms with Gasteiger partial charge in [0.05, 0.1) is 11.4 Å². The summed E-state index contributed by atoms with van der Waals surface area (Å²) in [4.78, 5) is 26.2. The van der Waals surface area contributed by atoms with Crippen LogP contribution in [0.3, 0.4) is 0 Å². The van der Waals surface area contributed by atoms with Crippen molar-refractivity contribution in [2.45, 2.75) is 12.1 Å². The van der Waals surface area contributed by atoms with E-state index < -0.39 is 29.7 Å². The van der Waals surface area contributed by atoms with Gasteiger partial charge >= 0.3 is 0 Å². The number of hydrogen-bond donors (Lipinski definition) is 0. The summed E-state index contributed by atoms with van der Waals surface area (Å²) in [5.41, 5.74) is 0.781. The van der Waals surface area contributed by atoms with E-state index in [1.807, 2.05) is 0 Å². The zero-order valence-electron chi connectivity index (χ0n) is 12.1. The lowest BCUT2D eigenvalue weighted by Crippen LogP contribution is -2.39. The van der Waals surface area contributed by atoms with Crippen molar-refractivity contribution in [3.8, 4) is 0 Å². The normalized spacial score (nSPS) is 22.4. The van der Waals surface area contributed by atoms with E-state index in [9.17, 15) is 14.0 Å². The Kier molecular flexibility index (Phi) is 3.31. The Bertz CT molecular complexity index is 871. The summed E-state index contributed by atoms with van der Waals surface area (Å²) in [5.74, 6) is -1.53. The second-order valence-corrected chi connectivity index (χ2v) is 5.84. The first-order chi connectivity index (χ1) is 11.6. The number of fused-ring (bicyclic) bond motifs is 1. The van der Waals surface area contributed by atoms with Gasteiger partial charge in [0.1, 0.15) is 5.82 Å². The summed E-state index contributed by atoms with van der Waals surface area (Å²) in [7, 11) is 0. The molecule has 0 saturated carbocycles. The molecule has 0 N–H and O–H groups in total. The van der Waals surface area contributed by atoms with Gasteiger partial charge in [-0.1, -0.05) is 22.9 Å². The summed E-state index contributed by atoms with van der Waals surface area (Å²) < 4.78 is 13.4. The molecule has 2 aliphatic heterocycles. The van der Waals surface area contributed by atoms with Crippen molar-refractivity contribution >= 4 is 34.8 Å². The largest absolute Gasteiger partial charge is 0.271 e. The Morgan fingerprint density at radius 3 is 2.46 bits per heavy atom. The highest BCUT2D eigenvalue weighted by atomic mass is 35.5. The van der Waals surface area contributed by atoms with Crippen LogP contribution in [0, 0.1) is 5.82 Å². The van der Waals surface area contributed by atoms with Gasteiger partial charge in [-0.2, -0.15) is 5.11 Å². The van der Waals surface area contributed by atoms with Crippen LogP contribution < -0.4 is 9.91 Å². The number of benzene rings is 2. The van der Waals surface area contributed by atoms with Gasteiger partial charge in [0.15, 0.2) is 12.1 Å². The van der Waals surface area contributed by atoms with Gasteiger partial charge in [-0.15, -0.1) is 0 Å². The smallest absolute Gasteiger partial charge is 0.263 e. The van der Waals surface area contributed by atoms with E-state index in [1.54, 1.807) is 24.3 Å². The van der Waals surface area contributed by atoms with Crippen molar-refractivity contribution in [3.63, 3.8) is 0 Å². The zero-order chi connectivity index (χ0) is 16.8. The summed E-state index contributed by atoms with van der Waals surface area (Å²) in [6.07, 6.45) is 0. The van der Waals surface area contributed by atoms with Crippen LogP contribution in [0.4, 0.5) is 15.8 Å². The number of carbonyl (C=O) groups excluding carboxylic acids is 2. The molecule has 0 spiro atoms. The Labute approximate surface area is 141 Å². The maximum Gasteiger partial charge on any atom is 0.263 e. The highest BCUT2D eigenvalue weighted by Crippen LogP contribution is 2.35. The maximum atomic E-state index is 13.4. The van der Waals surface area contributed by atoms with Crippen LogP contribution >= 0.6 is 11.6 Å². The summed E-state index contributed by atoms with van der Waals surface area (Å²) in [5, 5.41) is 9.79. The molecule has 24 heavy (non-hydrogen) atoms. The predicted octanol–water partition coefficient (Wildman–Crippen LogP) is 2.98. The van der Waals surface area contributed by atoms with Gasteiger partial charge in [0.25, 0.3) is 11.8 Å². The summed E-state index contributed by atoms with van der Waals surface area (Å²) in [6, 6.07) is 10.2. The Morgan fingerprint density at radius 2 is 1.75 bits per heavy atom. The fraction of sp³-hybridized carbons (Fsp3) is 0.125. The minimum atomic E-state index is -0.934. The minimum absolute atomic E-state index is 0.186. The number of hydrogen-bond acceptors (Lipinski definition) is 5. The van der Waals surface area contributed by atoms with Crippen molar-refractivity contribution in [2.75, 3.05) is 9.91 Å². The minimum Gasteiger partial charge on any atom is -0.271 e. The molecular formula is C16H10ClFN4O2. The van der Waals surface area contributed by atoms with Crippen molar-refractivity contribution in [2.24, 2.45) is 10.3 Å². The molecule has 4 rings (SSSR count). The van der Waals surface area contributed by atoms with Crippen LogP contribution in [0.15, 0.2) is 58.9 Å². The fourth-order valence-corrected chi connectivity index (χ4v) is 2.96. The molecular weight excluding hydrogens is 335 g/mol. The summed E-state index contributed by atoms with van der Waals surface area (Å²) >= 11 is 5.86. The third-order valence-corrected chi connectivity index (χ3v) is 4.19. The van der Waals surface area contributed by atoms with Gasteiger partial charge in [-0.3, -0.25) is 9.59 Å². The third kappa shape index (κ3) is 2.16. The third-order valence-electron chi connectivity index (χ3n) is 3.94. The molecule has 120 valence electrons. The number of halogens is 2. The average molecular weight is 345 g/mol. The van der Waals surface area contributed by atoms with Gasteiger partial charge in [-0.25, -0.2) is 14.3 Å². The number of rotatable bonds is 2. The molecule has 2 aromatic rings. The topological polar surface area (TPSA) is 65.3 Å². The molecule has 0 aromatic heterocycles. The van der Waals surface area contributed by atoms with Gasteiger partial charge in [-0.05, 0) is 42.5 Å². The Morgan fingerprint density at radius 1 is 1.00 bits per heavy atom. The van der Waals surface area contributed by atoms with Gasteiger partial charge in [0.2, 0.25) is 0 Å². The molecule has 0 radical (unpaired) electrons. The van der Waals surface area contributed by atoms with Gasteiger partial charge in [0, 0.05) is 5.02 Å². The number of amides is 2. The molecule has 0 bridgehead atoms. The van der Waals surface area contributed by atoms with E-state index in [4.69, 9.17) is 11.6 Å². The quantitative estimate of drug-likeness (QED) is 0.787. The van der Waals surface area contributed by atoms with Crippen LogP contribution in [0.25, 0.3) is 0 Å². The first-order valence-electron chi connectivity index (χ1n) is 7.15. The highest BCUT2D eigenvalue weighted by Gasteiger charge is 2.55. The van der Waals surface area contributed by atoms with Crippen LogP contribution in [-0.4, -0.2) is 23.9 Å². The molecule has 2 amide bonds. The number of carbonyl (C=O) groups is 2.